The smallest absolute Gasteiger partial charge is 0.0317 e. The number of nitrogens with one attached hydrogen (secondary N) is 2. The van der Waals surface area contributed by atoms with Gasteiger partial charge in [0.1, 0.15) is 0 Å². The van der Waals surface area contributed by atoms with E-state index in [4.69, 9.17) is 0 Å². The van der Waals surface area contributed by atoms with Crippen molar-refractivity contribution in [3.8, 4) is 0 Å². The fraction of sp³-hybridized carbons (Fsp3) is 0.800. The molecule has 0 amide bonds. The number of rotatable bonds is 2. The van der Waals surface area contributed by atoms with Gasteiger partial charge in [0, 0.05) is 19.1 Å². The topological polar surface area (TPSA) is 24.1 Å². The van der Waals surface area contributed by atoms with Gasteiger partial charge in [-0.2, -0.15) is 0 Å². The first-order chi connectivity index (χ1) is 3.43. The maximum atomic E-state index is 3.67. The molecule has 1 rings (SSSR count). The predicted molar refractivity (Wildman–Crippen MR) is 30.0 cm³/mol. The van der Waals surface area contributed by atoms with Crippen molar-refractivity contribution in [2.75, 3.05) is 19.6 Å². The Labute approximate surface area is 44.3 Å². The van der Waals surface area contributed by atoms with Crippen LogP contribution in [-0.2, 0) is 0 Å². The van der Waals surface area contributed by atoms with Crippen LogP contribution in [0.1, 0.15) is 0 Å². The zero-order valence-electron chi connectivity index (χ0n) is 4.41. The summed E-state index contributed by atoms with van der Waals surface area (Å²) in [4.78, 5) is 0. The zero-order chi connectivity index (χ0) is 5.11. The highest BCUT2D eigenvalue weighted by Gasteiger charge is 2.13. The second-order valence-electron chi connectivity index (χ2n) is 1.81. The third-order valence-electron chi connectivity index (χ3n) is 1.21. The Hall–Kier alpha value is -0.0800. The molecule has 0 bridgehead atoms. The molecule has 0 aromatic rings. The summed E-state index contributed by atoms with van der Waals surface area (Å²) in [5, 5.41) is 6.36. The summed E-state index contributed by atoms with van der Waals surface area (Å²) in [5.41, 5.74) is 0. The van der Waals surface area contributed by atoms with Crippen molar-refractivity contribution < 1.29 is 0 Å². The molecule has 1 fully saturated rings. The molecule has 0 spiro atoms. The molecule has 41 valence electrons. The van der Waals surface area contributed by atoms with E-state index >= 15 is 0 Å². The summed E-state index contributed by atoms with van der Waals surface area (Å²) in [7, 11) is 0. The lowest BCUT2D eigenvalue weighted by atomic mass is 10.2. The molecular weight excluding hydrogens is 88.1 g/mol. The minimum Gasteiger partial charge on any atom is -0.314 e. The van der Waals surface area contributed by atoms with Crippen LogP contribution >= 0.6 is 0 Å². The molecule has 2 heteroatoms. The van der Waals surface area contributed by atoms with Crippen LogP contribution in [0.5, 0.6) is 0 Å². The first-order valence-corrected chi connectivity index (χ1v) is 2.67. The van der Waals surface area contributed by atoms with Crippen molar-refractivity contribution >= 4 is 0 Å². The Morgan fingerprint density at radius 2 is 2.43 bits per heavy atom. The van der Waals surface area contributed by atoms with Crippen molar-refractivity contribution in [2.24, 2.45) is 0 Å². The molecule has 1 heterocycles. The lowest BCUT2D eigenvalue weighted by Crippen LogP contribution is -2.55. The Kier molecular flexibility index (Phi) is 1.65. The van der Waals surface area contributed by atoms with Gasteiger partial charge in [0.2, 0.25) is 0 Å². The lowest BCUT2D eigenvalue weighted by molar-refractivity contribution is 0.379. The Morgan fingerprint density at radius 3 is 2.57 bits per heavy atom. The maximum Gasteiger partial charge on any atom is 0.0317 e. The summed E-state index contributed by atoms with van der Waals surface area (Å²) < 4.78 is 0. The molecule has 0 aliphatic carbocycles. The third-order valence-corrected chi connectivity index (χ3v) is 1.21. The molecule has 7 heavy (non-hydrogen) atoms. The van der Waals surface area contributed by atoms with Crippen LogP contribution in [0.15, 0.2) is 0 Å². The summed E-state index contributed by atoms with van der Waals surface area (Å²) in [5.74, 6) is 0. The SMILES string of the molecule is [CH2]CNC1CNC1. The first-order valence-electron chi connectivity index (χ1n) is 2.67. The van der Waals surface area contributed by atoms with Crippen molar-refractivity contribution in [3.05, 3.63) is 6.92 Å². The second-order valence-corrected chi connectivity index (χ2v) is 1.81. The first kappa shape index (κ1) is 5.06. The van der Waals surface area contributed by atoms with Crippen molar-refractivity contribution in [2.45, 2.75) is 6.04 Å². The van der Waals surface area contributed by atoms with Gasteiger partial charge in [-0.25, -0.2) is 0 Å². The molecule has 2 nitrogen and oxygen atoms in total. The van der Waals surface area contributed by atoms with E-state index < -0.39 is 0 Å². The van der Waals surface area contributed by atoms with E-state index in [-0.39, 0.29) is 0 Å². The van der Waals surface area contributed by atoms with E-state index in [0.717, 1.165) is 19.6 Å². The van der Waals surface area contributed by atoms with Gasteiger partial charge >= 0.3 is 0 Å². The molecule has 1 aliphatic heterocycles. The van der Waals surface area contributed by atoms with Gasteiger partial charge in [0.15, 0.2) is 0 Å². The molecule has 0 unspecified atom stereocenters. The molecule has 2 N–H and O–H groups in total. The molecule has 1 aliphatic rings. The van der Waals surface area contributed by atoms with Crippen LogP contribution in [0.2, 0.25) is 0 Å². The van der Waals surface area contributed by atoms with Gasteiger partial charge in [0.25, 0.3) is 0 Å². The van der Waals surface area contributed by atoms with Crippen molar-refractivity contribution in [3.63, 3.8) is 0 Å². The van der Waals surface area contributed by atoms with Crippen LogP contribution in [0.25, 0.3) is 0 Å². The summed E-state index contributed by atoms with van der Waals surface area (Å²) in [6.45, 7) is 6.76. The lowest BCUT2D eigenvalue weighted by Gasteiger charge is -2.27. The van der Waals surface area contributed by atoms with E-state index in [1.165, 1.54) is 0 Å². The summed E-state index contributed by atoms with van der Waals surface area (Å²) in [6, 6.07) is 0.706. The highest BCUT2D eigenvalue weighted by molar-refractivity contribution is 4.81. The normalized spacial score (nSPS) is 21.9. The van der Waals surface area contributed by atoms with Crippen molar-refractivity contribution in [1.29, 1.82) is 0 Å². The van der Waals surface area contributed by atoms with Crippen LogP contribution in [-0.4, -0.2) is 25.7 Å². The Bertz CT molecular complexity index is 50.0. The van der Waals surface area contributed by atoms with Gasteiger partial charge in [-0.05, 0) is 13.5 Å². The van der Waals surface area contributed by atoms with E-state index in [0.29, 0.717) is 6.04 Å². The molecule has 0 atom stereocenters. The minimum absolute atomic E-state index is 0.706. The van der Waals surface area contributed by atoms with Crippen LogP contribution in [0, 0.1) is 6.92 Å². The van der Waals surface area contributed by atoms with E-state index in [2.05, 4.69) is 17.6 Å². The quantitative estimate of drug-likeness (QED) is 0.482. The zero-order valence-corrected chi connectivity index (χ0v) is 4.41. The second kappa shape index (κ2) is 2.28. The highest BCUT2D eigenvalue weighted by atomic mass is 15.1. The average molecular weight is 99.2 g/mol. The summed E-state index contributed by atoms with van der Waals surface area (Å²) >= 11 is 0. The summed E-state index contributed by atoms with van der Waals surface area (Å²) in [6.07, 6.45) is 0. The molecule has 0 aromatic heterocycles. The molecular formula is C5H11N2. The molecule has 0 aromatic carbocycles. The Morgan fingerprint density at radius 1 is 1.71 bits per heavy atom. The fourth-order valence-corrected chi connectivity index (χ4v) is 0.637. The number of hydrogen-bond acceptors (Lipinski definition) is 2. The molecule has 0 saturated carbocycles. The van der Waals surface area contributed by atoms with Gasteiger partial charge in [-0.1, -0.05) is 0 Å². The van der Waals surface area contributed by atoms with Gasteiger partial charge in [-0.3, -0.25) is 0 Å². The van der Waals surface area contributed by atoms with Crippen molar-refractivity contribution in [1.82, 2.24) is 10.6 Å². The highest BCUT2D eigenvalue weighted by Crippen LogP contribution is 1.87. The monoisotopic (exact) mass is 99.1 g/mol. The van der Waals surface area contributed by atoms with E-state index in [1.807, 2.05) is 0 Å². The largest absolute Gasteiger partial charge is 0.314 e. The predicted octanol–water partition coefficient (Wildman–Crippen LogP) is -0.618. The van der Waals surface area contributed by atoms with Crippen LogP contribution < -0.4 is 10.6 Å². The van der Waals surface area contributed by atoms with Gasteiger partial charge in [0.05, 0.1) is 0 Å². The number of hydrogen-bond donors (Lipinski definition) is 2. The third kappa shape index (κ3) is 1.14. The van der Waals surface area contributed by atoms with Crippen LogP contribution in [0.4, 0.5) is 0 Å². The maximum absolute atomic E-state index is 3.67. The van der Waals surface area contributed by atoms with Crippen LogP contribution in [0.3, 0.4) is 0 Å². The van der Waals surface area contributed by atoms with Gasteiger partial charge in [-0.15, -0.1) is 0 Å². The fourth-order valence-electron chi connectivity index (χ4n) is 0.637. The standard InChI is InChI=1S/C5H11N2/c1-2-7-5-3-6-4-5/h5-7H,1-4H2. The Balaban J connectivity index is 1.93. The van der Waals surface area contributed by atoms with E-state index in [9.17, 15) is 0 Å². The van der Waals surface area contributed by atoms with Gasteiger partial charge < -0.3 is 10.6 Å². The minimum atomic E-state index is 0.706. The molecule has 1 radical (unpaired) electrons. The van der Waals surface area contributed by atoms with E-state index in [1.54, 1.807) is 0 Å². The molecule has 1 saturated heterocycles. The average Bonchev–Trinajstić information content (AvgIpc) is 1.55.